The normalized spacial score (nSPS) is 11.5. The van der Waals surface area contributed by atoms with E-state index < -0.39 is 0 Å². The Morgan fingerprint density at radius 3 is 2.71 bits per heavy atom. The van der Waals surface area contributed by atoms with E-state index in [2.05, 4.69) is 51.1 Å². The highest BCUT2D eigenvalue weighted by Gasteiger charge is 2.12. The highest BCUT2D eigenvalue weighted by Crippen LogP contribution is 2.30. The zero-order valence-electron chi connectivity index (χ0n) is 11.9. The number of pyridine rings is 1. The fourth-order valence-corrected chi connectivity index (χ4v) is 2.73. The zero-order valence-corrected chi connectivity index (χ0v) is 11.9. The van der Waals surface area contributed by atoms with E-state index in [0.717, 1.165) is 33.8 Å². The summed E-state index contributed by atoms with van der Waals surface area (Å²) in [7, 11) is 0. The number of fused-ring (bicyclic) bond motifs is 2. The van der Waals surface area contributed by atoms with Crippen LogP contribution in [-0.4, -0.2) is 19.9 Å². The van der Waals surface area contributed by atoms with Crippen LogP contribution in [0.5, 0.6) is 0 Å². The molecule has 0 unspecified atom stereocenters. The molecule has 0 aliphatic carbocycles. The van der Waals surface area contributed by atoms with Crippen LogP contribution in [-0.2, 0) is 0 Å². The van der Waals surface area contributed by atoms with Crippen LogP contribution >= 0.6 is 0 Å². The first-order valence-corrected chi connectivity index (χ1v) is 6.83. The van der Waals surface area contributed by atoms with Crippen LogP contribution in [0.25, 0.3) is 33.3 Å². The predicted octanol–water partition coefficient (Wildman–Crippen LogP) is 3.31. The Balaban J connectivity index is 2.03. The van der Waals surface area contributed by atoms with E-state index in [9.17, 15) is 0 Å². The summed E-state index contributed by atoms with van der Waals surface area (Å²) < 4.78 is 0. The Labute approximate surface area is 121 Å². The van der Waals surface area contributed by atoms with Gasteiger partial charge in [-0.25, -0.2) is 9.97 Å². The number of aryl methyl sites for hydroxylation is 2. The molecule has 104 valence electrons. The molecule has 0 amide bonds. The maximum atomic E-state index is 5.92. The molecule has 21 heavy (non-hydrogen) atoms. The number of nitrogens with two attached hydrogens (primary N) is 1. The molecule has 3 aromatic heterocycles. The van der Waals surface area contributed by atoms with Crippen LogP contribution in [0.1, 0.15) is 11.4 Å². The predicted molar refractivity (Wildman–Crippen MR) is 85.1 cm³/mol. The number of H-pyrrole nitrogens is 2. The first kappa shape index (κ1) is 12.0. The van der Waals surface area contributed by atoms with Crippen LogP contribution in [0.15, 0.2) is 30.3 Å². The average Bonchev–Trinajstić information content (AvgIpc) is 2.99. The van der Waals surface area contributed by atoms with Crippen molar-refractivity contribution in [1.82, 2.24) is 19.9 Å². The highest BCUT2D eigenvalue weighted by molar-refractivity contribution is 5.95. The van der Waals surface area contributed by atoms with Gasteiger partial charge in [-0.05, 0) is 38.1 Å². The van der Waals surface area contributed by atoms with Gasteiger partial charge in [-0.2, -0.15) is 0 Å². The van der Waals surface area contributed by atoms with Crippen molar-refractivity contribution in [1.29, 1.82) is 0 Å². The Morgan fingerprint density at radius 1 is 1.00 bits per heavy atom. The molecule has 0 saturated heterocycles. The van der Waals surface area contributed by atoms with Gasteiger partial charge in [-0.1, -0.05) is 11.6 Å². The molecule has 5 nitrogen and oxygen atoms in total. The molecule has 4 aromatic rings. The second-order valence-corrected chi connectivity index (χ2v) is 5.39. The molecule has 5 heteroatoms. The number of hydrogen-bond donors (Lipinski definition) is 3. The van der Waals surface area contributed by atoms with Gasteiger partial charge in [0.05, 0.1) is 0 Å². The van der Waals surface area contributed by atoms with Gasteiger partial charge in [0.2, 0.25) is 0 Å². The Morgan fingerprint density at radius 2 is 1.86 bits per heavy atom. The minimum atomic E-state index is 0.482. The summed E-state index contributed by atoms with van der Waals surface area (Å²) >= 11 is 0. The number of benzene rings is 1. The summed E-state index contributed by atoms with van der Waals surface area (Å²) in [6, 6.07) is 10.3. The topological polar surface area (TPSA) is 83.4 Å². The van der Waals surface area contributed by atoms with Gasteiger partial charge >= 0.3 is 0 Å². The number of aromatic amines is 2. The van der Waals surface area contributed by atoms with Crippen molar-refractivity contribution in [2.75, 3.05) is 5.73 Å². The molecular weight excluding hydrogens is 262 g/mol. The minimum Gasteiger partial charge on any atom is -0.384 e. The summed E-state index contributed by atoms with van der Waals surface area (Å²) in [5.41, 5.74) is 11.8. The van der Waals surface area contributed by atoms with E-state index in [-0.39, 0.29) is 0 Å². The van der Waals surface area contributed by atoms with Crippen molar-refractivity contribution >= 4 is 27.9 Å². The second kappa shape index (κ2) is 4.09. The SMILES string of the molecule is Cc1ccc2[nH]c(-c3cc(N)nc4[nH]c(C)nc34)cc2c1. The van der Waals surface area contributed by atoms with Gasteiger partial charge in [0, 0.05) is 22.2 Å². The number of anilines is 1. The lowest BCUT2D eigenvalue weighted by atomic mass is 10.1. The molecule has 0 spiro atoms. The van der Waals surface area contributed by atoms with Gasteiger partial charge in [-0.3, -0.25) is 0 Å². The van der Waals surface area contributed by atoms with Gasteiger partial charge in [0.15, 0.2) is 5.65 Å². The average molecular weight is 277 g/mol. The molecule has 3 heterocycles. The van der Waals surface area contributed by atoms with Crippen molar-refractivity contribution in [2.24, 2.45) is 0 Å². The molecule has 0 aliphatic heterocycles. The van der Waals surface area contributed by atoms with E-state index in [1.165, 1.54) is 10.9 Å². The second-order valence-electron chi connectivity index (χ2n) is 5.39. The quantitative estimate of drug-likeness (QED) is 0.499. The van der Waals surface area contributed by atoms with Crippen LogP contribution in [0.4, 0.5) is 5.82 Å². The molecule has 0 saturated carbocycles. The smallest absolute Gasteiger partial charge is 0.160 e. The third kappa shape index (κ3) is 1.86. The van der Waals surface area contributed by atoms with E-state index in [4.69, 9.17) is 5.73 Å². The number of nitrogen functional groups attached to an aromatic ring is 1. The number of imidazole rings is 1. The highest BCUT2D eigenvalue weighted by atomic mass is 15.0. The van der Waals surface area contributed by atoms with Crippen LogP contribution < -0.4 is 5.73 Å². The molecule has 0 aliphatic rings. The van der Waals surface area contributed by atoms with E-state index in [0.29, 0.717) is 5.82 Å². The molecule has 4 N–H and O–H groups in total. The Kier molecular flexibility index (Phi) is 2.33. The van der Waals surface area contributed by atoms with Crippen molar-refractivity contribution < 1.29 is 0 Å². The number of aromatic nitrogens is 4. The number of nitrogens with one attached hydrogen (secondary N) is 2. The minimum absolute atomic E-state index is 0.482. The van der Waals surface area contributed by atoms with Crippen LogP contribution in [0, 0.1) is 13.8 Å². The van der Waals surface area contributed by atoms with Crippen LogP contribution in [0.3, 0.4) is 0 Å². The summed E-state index contributed by atoms with van der Waals surface area (Å²) in [6.45, 7) is 4.00. The lowest BCUT2D eigenvalue weighted by Gasteiger charge is -2.01. The fraction of sp³-hybridized carbons (Fsp3) is 0.125. The third-order valence-electron chi connectivity index (χ3n) is 3.66. The first-order valence-electron chi connectivity index (χ1n) is 6.83. The molecule has 0 bridgehead atoms. The molecule has 0 atom stereocenters. The Hall–Kier alpha value is -2.82. The zero-order chi connectivity index (χ0) is 14.6. The van der Waals surface area contributed by atoms with E-state index >= 15 is 0 Å². The van der Waals surface area contributed by atoms with Crippen molar-refractivity contribution in [2.45, 2.75) is 13.8 Å². The third-order valence-corrected chi connectivity index (χ3v) is 3.66. The van der Waals surface area contributed by atoms with Crippen molar-refractivity contribution in [3.63, 3.8) is 0 Å². The van der Waals surface area contributed by atoms with Crippen molar-refractivity contribution in [3.8, 4) is 11.3 Å². The van der Waals surface area contributed by atoms with E-state index in [1.807, 2.05) is 13.0 Å². The molecule has 4 rings (SSSR count). The fourth-order valence-electron chi connectivity index (χ4n) is 2.73. The van der Waals surface area contributed by atoms with Gasteiger partial charge in [0.25, 0.3) is 0 Å². The van der Waals surface area contributed by atoms with Gasteiger partial charge in [-0.15, -0.1) is 0 Å². The lowest BCUT2D eigenvalue weighted by Crippen LogP contribution is -1.92. The first-order chi connectivity index (χ1) is 10.1. The molecule has 0 fully saturated rings. The number of hydrogen-bond acceptors (Lipinski definition) is 3. The largest absolute Gasteiger partial charge is 0.384 e. The summed E-state index contributed by atoms with van der Waals surface area (Å²) in [5.74, 6) is 1.31. The Bertz CT molecular complexity index is 977. The lowest BCUT2D eigenvalue weighted by molar-refractivity contribution is 1.16. The van der Waals surface area contributed by atoms with Crippen LogP contribution in [0.2, 0.25) is 0 Å². The summed E-state index contributed by atoms with van der Waals surface area (Å²) in [6.07, 6.45) is 0. The summed E-state index contributed by atoms with van der Waals surface area (Å²) in [4.78, 5) is 15.4. The monoisotopic (exact) mass is 277 g/mol. The van der Waals surface area contributed by atoms with Gasteiger partial charge < -0.3 is 15.7 Å². The molecular formula is C16H15N5. The maximum Gasteiger partial charge on any atom is 0.160 e. The van der Waals surface area contributed by atoms with Gasteiger partial charge in [0.1, 0.15) is 17.2 Å². The number of nitrogens with zero attached hydrogens (tertiary/aromatic N) is 2. The maximum absolute atomic E-state index is 5.92. The van der Waals surface area contributed by atoms with Crippen molar-refractivity contribution in [3.05, 3.63) is 41.7 Å². The summed E-state index contributed by atoms with van der Waals surface area (Å²) in [5, 5.41) is 1.18. The molecule has 1 aromatic carbocycles. The van der Waals surface area contributed by atoms with E-state index in [1.54, 1.807) is 0 Å². The molecule has 0 radical (unpaired) electrons. The standard InChI is InChI=1S/C16H15N5/c1-8-3-4-12-10(5-8)6-13(20-12)11-7-14(17)21-16-15(11)18-9(2)19-16/h3-7,20H,1-2H3,(H3,17,18,19,21). The number of rotatable bonds is 1.